The molecule has 3 heterocycles. The van der Waals surface area contributed by atoms with Crippen LogP contribution in [0.4, 0.5) is 18.9 Å². The van der Waals surface area contributed by atoms with Crippen molar-refractivity contribution in [1.82, 2.24) is 19.8 Å². The van der Waals surface area contributed by atoms with Gasteiger partial charge in [0, 0.05) is 41.9 Å². The Morgan fingerprint density at radius 3 is 2.52 bits per heavy atom. The van der Waals surface area contributed by atoms with E-state index in [1.807, 2.05) is 78.8 Å². The normalized spacial score (nSPS) is 16.9. The van der Waals surface area contributed by atoms with Crippen LogP contribution in [-0.4, -0.2) is 32.0 Å². The van der Waals surface area contributed by atoms with E-state index in [2.05, 4.69) is 15.6 Å². The first kappa shape index (κ1) is 29.3. The summed E-state index contributed by atoms with van der Waals surface area (Å²) in [5, 5.41) is 6.90. The van der Waals surface area contributed by atoms with Gasteiger partial charge in [0.1, 0.15) is 0 Å². The monoisotopic (exact) mass is 591 g/mol. The van der Waals surface area contributed by atoms with E-state index >= 15 is 0 Å². The summed E-state index contributed by atoms with van der Waals surface area (Å²) in [6.07, 6.45) is -1.75. The van der Waals surface area contributed by atoms with Gasteiger partial charge in [0.25, 0.3) is 0 Å². The zero-order valence-electron chi connectivity index (χ0n) is 23.6. The Kier molecular flexibility index (Phi) is 8.36. The average Bonchev–Trinajstić information content (AvgIpc) is 3.46. The van der Waals surface area contributed by atoms with Gasteiger partial charge in [-0.1, -0.05) is 37.3 Å². The summed E-state index contributed by atoms with van der Waals surface area (Å²) in [6, 6.07) is 20.0. The number of rotatable bonds is 8. The van der Waals surface area contributed by atoms with Gasteiger partial charge in [-0.2, -0.15) is 13.2 Å². The fourth-order valence-electron chi connectivity index (χ4n) is 5.68. The Balaban J connectivity index is 1.48. The minimum absolute atomic E-state index is 0.131. The molecule has 0 unspecified atom stereocenters. The van der Waals surface area contributed by atoms with Crippen molar-refractivity contribution in [2.75, 3.05) is 11.9 Å². The molecule has 0 aliphatic carbocycles. The molecule has 0 bridgehead atoms. The number of hydrogen-bond acceptors (Lipinski definition) is 3. The van der Waals surface area contributed by atoms with E-state index in [0.717, 1.165) is 52.4 Å². The molecule has 1 amide bonds. The van der Waals surface area contributed by atoms with Crippen LogP contribution in [0, 0.1) is 13.8 Å². The van der Waals surface area contributed by atoms with Crippen LogP contribution in [0.3, 0.4) is 0 Å². The molecule has 218 valence electrons. The predicted octanol–water partition coefficient (Wildman–Crippen LogP) is 7.07. The number of para-hydroxylation sites is 1. The maximum Gasteiger partial charge on any atom is 0.416 e. The summed E-state index contributed by atoms with van der Waals surface area (Å²) in [5.41, 5.74) is 4.81. The van der Waals surface area contributed by atoms with Crippen LogP contribution in [0.1, 0.15) is 59.2 Å². The fourth-order valence-corrected chi connectivity index (χ4v) is 6.01. The number of carbonyl (C=O) groups is 1. The van der Waals surface area contributed by atoms with Crippen molar-refractivity contribution in [3.63, 3.8) is 0 Å². The highest BCUT2D eigenvalue weighted by molar-refractivity contribution is 7.80. The number of benzene rings is 2. The second-order valence-electron chi connectivity index (χ2n) is 10.3. The zero-order valence-corrected chi connectivity index (χ0v) is 24.4. The van der Waals surface area contributed by atoms with Gasteiger partial charge in [-0.25, -0.2) is 0 Å². The Morgan fingerprint density at radius 1 is 1.05 bits per heavy atom. The van der Waals surface area contributed by atoms with E-state index in [4.69, 9.17) is 12.2 Å². The lowest BCUT2D eigenvalue weighted by Crippen LogP contribution is -2.33. The lowest BCUT2D eigenvalue weighted by molar-refractivity contribution is -0.137. The van der Waals surface area contributed by atoms with Crippen molar-refractivity contribution in [3.8, 4) is 5.69 Å². The van der Waals surface area contributed by atoms with Gasteiger partial charge in [0.2, 0.25) is 5.91 Å². The van der Waals surface area contributed by atoms with Crippen LogP contribution in [0.5, 0.6) is 0 Å². The SMILES string of the molecule is CCc1ccccc1NC(=O)CCN1C(=S)N[C@@H](c2ccccn2)[C@H]1c1cc(C)n(-c2cccc(C(F)(F)F)c2)c1C. The Hall–Kier alpha value is -4.18. The third-order valence-corrected chi connectivity index (χ3v) is 8.02. The molecule has 4 aromatic rings. The number of pyridine rings is 1. The van der Waals surface area contributed by atoms with Crippen molar-refractivity contribution >= 4 is 28.9 Å². The fraction of sp³-hybridized carbons (Fsp3) is 0.281. The van der Waals surface area contributed by atoms with Crippen molar-refractivity contribution in [3.05, 3.63) is 113 Å². The van der Waals surface area contributed by atoms with Gasteiger partial charge < -0.3 is 20.1 Å². The molecule has 5 rings (SSSR count). The number of nitrogens with one attached hydrogen (secondary N) is 2. The second kappa shape index (κ2) is 12.0. The lowest BCUT2D eigenvalue weighted by Gasteiger charge is -2.28. The summed E-state index contributed by atoms with van der Waals surface area (Å²) >= 11 is 5.77. The largest absolute Gasteiger partial charge is 0.416 e. The first-order valence-electron chi connectivity index (χ1n) is 13.8. The van der Waals surface area contributed by atoms with Gasteiger partial charge in [-0.15, -0.1) is 0 Å². The number of alkyl halides is 3. The van der Waals surface area contributed by atoms with Crippen molar-refractivity contribution < 1.29 is 18.0 Å². The molecule has 2 aromatic carbocycles. The van der Waals surface area contributed by atoms with Crippen molar-refractivity contribution in [1.29, 1.82) is 0 Å². The third-order valence-electron chi connectivity index (χ3n) is 7.67. The summed E-state index contributed by atoms with van der Waals surface area (Å²) in [4.78, 5) is 19.6. The van der Waals surface area contributed by atoms with Crippen LogP contribution >= 0.6 is 12.2 Å². The van der Waals surface area contributed by atoms with E-state index in [0.29, 0.717) is 17.3 Å². The third kappa shape index (κ3) is 5.90. The highest BCUT2D eigenvalue weighted by Gasteiger charge is 2.41. The van der Waals surface area contributed by atoms with Crippen molar-refractivity contribution in [2.45, 2.75) is 51.9 Å². The van der Waals surface area contributed by atoms with Crippen LogP contribution in [0.25, 0.3) is 5.69 Å². The van der Waals surface area contributed by atoms with E-state index in [9.17, 15) is 18.0 Å². The van der Waals surface area contributed by atoms with Gasteiger partial charge in [0.15, 0.2) is 5.11 Å². The van der Waals surface area contributed by atoms with E-state index in [-0.39, 0.29) is 24.4 Å². The van der Waals surface area contributed by atoms with E-state index in [1.54, 1.807) is 12.3 Å². The molecular formula is C32H32F3N5OS. The first-order chi connectivity index (χ1) is 20.1. The van der Waals surface area contributed by atoms with Crippen LogP contribution in [-0.2, 0) is 17.4 Å². The smallest absolute Gasteiger partial charge is 0.352 e. The molecule has 2 N–H and O–H groups in total. The number of aryl methyl sites for hydroxylation is 2. The highest BCUT2D eigenvalue weighted by Crippen LogP contribution is 2.42. The van der Waals surface area contributed by atoms with E-state index in [1.165, 1.54) is 6.07 Å². The minimum atomic E-state index is -4.45. The molecule has 10 heteroatoms. The molecule has 1 fully saturated rings. The molecule has 1 aliphatic rings. The number of nitrogens with zero attached hydrogens (tertiary/aromatic N) is 3. The number of anilines is 1. The first-order valence-corrected chi connectivity index (χ1v) is 14.2. The van der Waals surface area contributed by atoms with Gasteiger partial charge in [-0.05, 0) is 86.1 Å². The minimum Gasteiger partial charge on any atom is -0.352 e. The molecule has 2 aromatic heterocycles. The number of amides is 1. The van der Waals surface area contributed by atoms with Gasteiger partial charge >= 0.3 is 6.18 Å². The molecule has 0 saturated carbocycles. The topological polar surface area (TPSA) is 62.2 Å². The summed E-state index contributed by atoms with van der Waals surface area (Å²) in [5.74, 6) is -0.131. The van der Waals surface area contributed by atoms with Crippen LogP contribution in [0.2, 0.25) is 0 Å². The maximum atomic E-state index is 13.5. The Morgan fingerprint density at radius 2 is 1.81 bits per heavy atom. The molecule has 1 aliphatic heterocycles. The summed E-state index contributed by atoms with van der Waals surface area (Å²) < 4.78 is 42.4. The number of halogens is 3. The summed E-state index contributed by atoms with van der Waals surface area (Å²) in [7, 11) is 0. The predicted molar refractivity (Wildman–Crippen MR) is 161 cm³/mol. The van der Waals surface area contributed by atoms with E-state index < -0.39 is 11.7 Å². The average molecular weight is 592 g/mol. The van der Waals surface area contributed by atoms with Crippen LogP contribution < -0.4 is 10.6 Å². The zero-order chi connectivity index (χ0) is 30.0. The molecule has 2 atom stereocenters. The Bertz CT molecular complexity index is 1600. The molecule has 0 spiro atoms. The van der Waals surface area contributed by atoms with Crippen molar-refractivity contribution in [2.24, 2.45) is 0 Å². The lowest BCUT2D eigenvalue weighted by atomic mass is 9.96. The van der Waals surface area contributed by atoms with Gasteiger partial charge in [-0.3, -0.25) is 9.78 Å². The standard InChI is InChI=1S/C32H32F3N5OS/c1-4-22-10-5-6-13-26(22)37-28(41)15-17-39-30(29(38-31(39)42)27-14-7-8-16-36-27)25-18-20(2)40(21(25)3)24-12-9-11-23(19-24)32(33,34)35/h5-14,16,18-19,29-30H,4,15,17H2,1-3H3,(H,37,41)(H,38,42)/t29-,30+/m0/s1. The number of hydrogen-bond donors (Lipinski definition) is 2. The molecule has 0 radical (unpaired) electrons. The number of aromatic nitrogens is 2. The molecular weight excluding hydrogens is 559 g/mol. The highest BCUT2D eigenvalue weighted by atomic mass is 32.1. The quantitative estimate of drug-likeness (QED) is 0.215. The van der Waals surface area contributed by atoms with Gasteiger partial charge in [0.05, 0.1) is 23.3 Å². The maximum absolute atomic E-state index is 13.5. The van der Waals surface area contributed by atoms with Crippen LogP contribution in [0.15, 0.2) is 79.0 Å². The number of carbonyl (C=O) groups excluding carboxylic acids is 1. The molecule has 6 nitrogen and oxygen atoms in total. The summed E-state index contributed by atoms with van der Waals surface area (Å²) in [6.45, 7) is 6.15. The number of thiocarbonyl (C=S) groups is 1. The molecule has 1 saturated heterocycles. The Labute approximate surface area is 248 Å². The second-order valence-corrected chi connectivity index (χ2v) is 10.7. The molecule has 42 heavy (non-hydrogen) atoms.